The third-order valence-electron chi connectivity index (χ3n) is 5.72. The van der Waals surface area contributed by atoms with Crippen LogP contribution in [0.1, 0.15) is 34.5 Å². The molecule has 2 aromatic heterocycles. The molecule has 0 unspecified atom stereocenters. The van der Waals surface area contributed by atoms with E-state index in [2.05, 4.69) is 15.2 Å². The van der Waals surface area contributed by atoms with E-state index in [1.165, 1.54) is 24.1 Å². The predicted octanol–water partition coefficient (Wildman–Crippen LogP) is 2.38. The van der Waals surface area contributed by atoms with Crippen LogP contribution in [0.2, 0.25) is 0 Å². The normalized spacial score (nSPS) is 15.4. The van der Waals surface area contributed by atoms with E-state index in [0.29, 0.717) is 12.3 Å². The van der Waals surface area contributed by atoms with E-state index in [0.717, 1.165) is 31.5 Å². The molecule has 9 heteroatoms. The Balaban J connectivity index is 1.39. The fraction of sp³-hybridized carbons (Fsp3) is 0.409. The highest BCUT2D eigenvalue weighted by molar-refractivity contribution is 6.06. The molecular formula is C22H25FN4O4. The van der Waals surface area contributed by atoms with Gasteiger partial charge in [-0.2, -0.15) is 0 Å². The first-order valence-corrected chi connectivity index (χ1v) is 10.2. The zero-order valence-corrected chi connectivity index (χ0v) is 17.8. The number of hydrogen-bond donors (Lipinski definition) is 1. The molecule has 0 aliphatic carbocycles. The monoisotopic (exact) mass is 428 g/mol. The van der Waals surface area contributed by atoms with Crippen LogP contribution < -0.4 is 15.6 Å². The molecule has 1 amide bonds. The van der Waals surface area contributed by atoms with Gasteiger partial charge in [-0.25, -0.2) is 9.37 Å². The van der Waals surface area contributed by atoms with Gasteiger partial charge >= 0.3 is 0 Å². The van der Waals surface area contributed by atoms with E-state index in [1.54, 1.807) is 20.0 Å². The average molecular weight is 428 g/mol. The van der Waals surface area contributed by atoms with Crippen molar-refractivity contribution in [2.45, 2.75) is 32.4 Å². The fourth-order valence-electron chi connectivity index (χ4n) is 4.02. The predicted molar refractivity (Wildman–Crippen MR) is 113 cm³/mol. The minimum atomic E-state index is -0.370. The van der Waals surface area contributed by atoms with Gasteiger partial charge in [-0.3, -0.25) is 14.5 Å². The summed E-state index contributed by atoms with van der Waals surface area (Å²) >= 11 is 0. The van der Waals surface area contributed by atoms with Crippen molar-refractivity contribution < 1.29 is 18.3 Å². The van der Waals surface area contributed by atoms with Gasteiger partial charge < -0.3 is 19.0 Å². The number of rotatable bonds is 5. The number of fused-ring (bicyclic) bond motifs is 1. The Kier molecular flexibility index (Phi) is 5.77. The standard InChI is InChI=1S/C22H25FN4O4/c1-13-18(19-21(31-13)24-12-26(2)22(19)29)20(28)25-15-6-8-27(9-7-15)11-14-4-5-17(30-3)16(23)10-14/h4-5,10,12,15H,6-9,11H2,1-3H3,(H,25,28). The lowest BCUT2D eigenvalue weighted by Crippen LogP contribution is -2.44. The molecule has 1 fully saturated rings. The lowest BCUT2D eigenvalue weighted by molar-refractivity contribution is 0.0908. The van der Waals surface area contributed by atoms with Crippen molar-refractivity contribution in [1.82, 2.24) is 19.8 Å². The minimum absolute atomic E-state index is 0.0128. The number of nitrogens with zero attached hydrogens (tertiary/aromatic N) is 3. The van der Waals surface area contributed by atoms with Crippen LogP contribution in [0.3, 0.4) is 0 Å². The molecule has 0 saturated carbocycles. The van der Waals surface area contributed by atoms with Crippen molar-refractivity contribution in [2.24, 2.45) is 7.05 Å². The number of aromatic nitrogens is 2. The van der Waals surface area contributed by atoms with Gasteiger partial charge in [0.05, 0.1) is 12.7 Å². The van der Waals surface area contributed by atoms with Crippen LogP contribution in [-0.4, -0.2) is 46.6 Å². The second-order valence-electron chi connectivity index (χ2n) is 7.87. The number of ether oxygens (including phenoxy) is 1. The minimum Gasteiger partial charge on any atom is -0.494 e. The van der Waals surface area contributed by atoms with Crippen LogP contribution in [0.15, 0.2) is 33.7 Å². The molecular weight excluding hydrogens is 403 g/mol. The number of amides is 1. The molecule has 1 aromatic carbocycles. The molecule has 3 heterocycles. The number of carbonyl (C=O) groups excluding carboxylic acids is 1. The number of furan rings is 1. The molecule has 0 atom stereocenters. The van der Waals surface area contributed by atoms with Crippen molar-refractivity contribution in [3.63, 3.8) is 0 Å². The molecule has 1 aliphatic heterocycles. The Labute approximate surface area is 178 Å². The first kappa shape index (κ1) is 21.0. The van der Waals surface area contributed by atoms with E-state index in [1.807, 2.05) is 6.07 Å². The van der Waals surface area contributed by atoms with Gasteiger partial charge in [-0.1, -0.05) is 6.07 Å². The smallest absolute Gasteiger partial charge is 0.265 e. The van der Waals surface area contributed by atoms with Gasteiger partial charge in [0.25, 0.3) is 11.5 Å². The van der Waals surface area contributed by atoms with E-state index in [9.17, 15) is 14.0 Å². The molecule has 0 spiro atoms. The van der Waals surface area contributed by atoms with Crippen LogP contribution >= 0.6 is 0 Å². The molecule has 8 nitrogen and oxygen atoms in total. The molecule has 0 bridgehead atoms. The second kappa shape index (κ2) is 8.50. The number of piperidine rings is 1. The van der Waals surface area contributed by atoms with E-state index in [-0.39, 0.29) is 45.7 Å². The molecule has 1 saturated heterocycles. The topological polar surface area (TPSA) is 89.6 Å². The van der Waals surface area contributed by atoms with Crippen LogP contribution in [-0.2, 0) is 13.6 Å². The summed E-state index contributed by atoms with van der Waals surface area (Å²) in [6.45, 7) is 3.83. The first-order valence-electron chi connectivity index (χ1n) is 10.2. The van der Waals surface area contributed by atoms with Gasteiger partial charge in [0.15, 0.2) is 11.6 Å². The summed E-state index contributed by atoms with van der Waals surface area (Å²) in [7, 11) is 3.03. The fourth-order valence-corrected chi connectivity index (χ4v) is 4.02. The summed E-state index contributed by atoms with van der Waals surface area (Å²) in [5, 5.41) is 3.24. The molecule has 164 valence electrons. The highest BCUT2D eigenvalue weighted by atomic mass is 19.1. The quantitative estimate of drug-likeness (QED) is 0.671. The van der Waals surface area contributed by atoms with Gasteiger partial charge in [-0.15, -0.1) is 0 Å². The average Bonchev–Trinajstić information content (AvgIpc) is 3.09. The Morgan fingerprint density at radius 1 is 1.35 bits per heavy atom. The maximum atomic E-state index is 13.9. The molecule has 1 aliphatic rings. The highest BCUT2D eigenvalue weighted by Gasteiger charge is 2.26. The SMILES string of the molecule is COc1ccc(CN2CCC(NC(=O)c3c(C)oc4ncn(C)c(=O)c34)CC2)cc1F. The Morgan fingerprint density at radius 2 is 2.10 bits per heavy atom. The van der Waals surface area contributed by atoms with Crippen LogP contribution in [0.25, 0.3) is 11.1 Å². The Hall–Kier alpha value is -3.20. The Morgan fingerprint density at radius 3 is 2.77 bits per heavy atom. The van der Waals surface area contributed by atoms with Crippen LogP contribution in [0.4, 0.5) is 4.39 Å². The summed E-state index contributed by atoms with van der Waals surface area (Å²) in [6, 6.07) is 4.97. The van der Waals surface area contributed by atoms with Gasteiger partial charge in [0.2, 0.25) is 5.71 Å². The summed E-state index contributed by atoms with van der Waals surface area (Å²) in [5.74, 6) is -0.0814. The number of likely N-dealkylation sites (tertiary alicyclic amines) is 1. The van der Waals surface area contributed by atoms with E-state index in [4.69, 9.17) is 9.15 Å². The first-order chi connectivity index (χ1) is 14.9. The zero-order valence-electron chi connectivity index (χ0n) is 17.8. The van der Waals surface area contributed by atoms with Gasteiger partial charge in [0.1, 0.15) is 17.5 Å². The number of benzene rings is 1. The maximum Gasteiger partial charge on any atom is 0.265 e. The summed E-state index contributed by atoms with van der Waals surface area (Å²) in [6.07, 6.45) is 2.89. The number of halogens is 1. The third-order valence-corrected chi connectivity index (χ3v) is 5.72. The molecule has 0 radical (unpaired) electrons. The van der Waals surface area contributed by atoms with Crippen molar-refractivity contribution in [3.05, 3.63) is 57.6 Å². The lowest BCUT2D eigenvalue weighted by Gasteiger charge is -2.32. The van der Waals surface area contributed by atoms with Crippen molar-refractivity contribution in [2.75, 3.05) is 20.2 Å². The van der Waals surface area contributed by atoms with E-state index >= 15 is 0 Å². The molecule has 4 rings (SSSR count). The number of carbonyl (C=O) groups is 1. The molecule has 1 N–H and O–H groups in total. The van der Waals surface area contributed by atoms with Crippen molar-refractivity contribution in [3.8, 4) is 5.75 Å². The lowest BCUT2D eigenvalue weighted by atomic mass is 10.0. The number of methoxy groups -OCH3 is 1. The van der Waals surface area contributed by atoms with Crippen LogP contribution in [0.5, 0.6) is 5.75 Å². The summed E-state index contributed by atoms with van der Waals surface area (Å²) < 4.78 is 25.7. The number of nitrogens with one attached hydrogen (secondary N) is 1. The van der Waals surface area contributed by atoms with Gasteiger partial charge in [-0.05, 0) is 37.5 Å². The Bertz CT molecular complexity index is 1180. The zero-order chi connectivity index (χ0) is 22.1. The van der Waals surface area contributed by atoms with Crippen molar-refractivity contribution >= 4 is 17.0 Å². The van der Waals surface area contributed by atoms with Crippen LogP contribution in [0, 0.1) is 12.7 Å². The van der Waals surface area contributed by atoms with E-state index < -0.39 is 0 Å². The molecule has 3 aromatic rings. The maximum absolute atomic E-state index is 13.9. The largest absolute Gasteiger partial charge is 0.494 e. The van der Waals surface area contributed by atoms with Crippen molar-refractivity contribution in [1.29, 1.82) is 0 Å². The summed E-state index contributed by atoms with van der Waals surface area (Å²) in [4.78, 5) is 31.7. The molecule has 31 heavy (non-hydrogen) atoms. The number of hydrogen-bond acceptors (Lipinski definition) is 6. The number of aryl methyl sites for hydroxylation is 2. The highest BCUT2D eigenvalue weighted by Crippen LogP contribution is 2.23. The third kappa shape index (κ3) is 4.18. The van der Waals surface area contributed by atoms with Gasteiger partial charge in [0, 0.05) is 32.7 Å². The second-order valence-corrected chi connectivity index (χ2v) is 7.87. The summed E-state index contributed by atoms with van der Waals surface area (Å²) in [5.41, 5.74) is 0.991.